The molecule has 30 heavy (non-hydrogen) atoms. The van der Waals surface area contributed by atoms with E-state index in [9.17, 15) is 9.59 Å². The molecule has 0 spiro atoms. The summed E-state index contributed by atoms with van der Waals surface area (Å²) in [6, 6.07) is 18.6. The maximum absolute atomic E-state index is 13.2. The fraction of sp³-hybridized carbons (Fsp3) is 0.130. The van der Waals surface area contributed by atoms with Crippen molar-refractivity contribution in [1.29, 1.82) is 0 Å². The average Bonchev–Trinajstić information content (AvgIpc) is 3.35. The molecule has 3 aromatic rings. The number of nitrogens with zero attached hydrogens (tertiary/aromatic N) is 1. The van der Waals surface area contributed by atoms with Gasteiger partial charge in [0.05, 0.1) is 18.4 Å². The van der Waals surface area contributed by atoms with Crippen LogP contribution in [0.3, 0.4) is 0 Å². The highest BCUT2D eigenvalue weighted by Gasteiger charge is 2.39. The van der Waals surface area contributed by atoms with Crippen LogP contribution in [0.1, 0.15) is 10.4 Å². The van der Waals surface area contributed by atoms with Crippen molar-refractivity contribution >= 4 is 46.0 Å². The number of carbonyl (C=O) groups is 2. The highest BCUT2D eigenvalue weighted by molar-refractivity contribution is 7.11. The number of benzene rings is 2. The van der Waals surface area contributed by atoms with Crippen LogP contribution >= 0.6 is 22.9 Å². The smallest absolute Gasteiger partial charge is 0.278 e. The molecule has 1 aliphatic heterocycles. The number of rotatable bonds is 7. The first-order chi connectivity index (χ1) is 14.6. The van der Waals surface area contributed by atoms with E-state index >= 15 is 0 Å². The quantitative estimate of drug-likeness (QED) is 0.536. The number of anilines is 1. The number of methoxy groups -OCH3 is 1. The van der Waals surface area contributed by atoms with Gasteiger partial charge in [0.25, 0.3) is 11.8 Å². The topological polar surface area (TPSA) is 58.6 Å². The van der Waals surface area contributed by atoms with Gasteiger partial charge in [0.2, 0.25) is 0 Å². The Kier molecular flexibility index (Phi) is 5.88. The number of nitrogens with one attached hydrogen (secondary N) is 1. The molecular formula is C23H19ClN2O3S. The van der Waals surface area contributed by atoms with Crippen molar-refractivity contribution in [1.82, 2.24) is 4.90 Å². The molecule has 7 heteroatoms. The zero-order valence-electron chi connectivity index (χ0n) is 16.2. The molecule has 0 aliphatic carbocycles. The zero-order chi connectivity index (χ0) is 21.1. The fourth-order valence-corrected chi connectivity index (χ4v) is 4.28. The SMILES string of the molecule is COc1ccc(Cl)cc1NC1=C(c2cccs2)C(=O)N(CCc2ccccc2)C1=O. The summed E-state index contributed by atoms with van der Waals surface area (Å²) in [5.74, 6) is -0.136. The third-order valence-electron chi connectivity index (χ3n) is 4.82. The number of ether oxygens (including phenoxy) is 1. The molecule has 1 aromatic heterocycles. The van der Waals surface area contributed by atoms with Crippen molar-refractivity contribution in [3.8, 4) is 5.75 Å². The van der Waals surface area contributed by atoms with E-state index in [-0.39, 0.29) is 17.5 Å². The van der Waals surface area contributed by atoms with Gasteiger partial charge >= 0.3 is 0 Å². The van der Waals surface area contributed by atoms with Gasteiger partial charge in [-0.15, -0.1) is 11.3 Å². The van der Waals surface area contributed by atoms with E-state index in [1.807, 2.05) is 47.8 Å². The summed E-state index contributed by atoms with van der Waals surface area (Å²) in [4.78, 5) is 28.5. The Morgan fingerprint density at radius 2 is 1.83 bits per heavy atom. The maximum Gasteiger partial charge on any atom is 0.278 e. The lowest BCUT2D eigenvalue weighted by Crippen LogP contribution is -2.34. The highest BCUT2D eigenvalue weighted by atomic mass is 35.5. The molecule has 4 rings (SSSR count). The van der Waals surface area contributed by atoms with Gasteiger partial charge in [-0.25, -0.2) is 0 Å². The first kappa shape index (κ1) is 20.2. The molecule has 0 fully saturated rings. The summed E-state index contributed by atoms with van der Waals surface area (Å²) >= 11 is 7.55. The molecular weight excluding hydrogens is 420 g/mol. The molecule has 0 saturated carbocycles. The molecule has 0 bridgehead atoms. The molecule has 152 valence electrons. The molecule has 2 heterocycles. The first-order valence-electron chi connectivity index (χ1n) is 9.37. The summed E-state index contributed by atoms with van der Waals surface area (Å²) in [7, 11) is 1.54. The third kappa shape index (κ3) is 3.97. The van der Waals surface area contributed by atoms with E-state index in [0.717, 1.165) is 10.4 Å². The number of thiophene rings is 1. The van der Waals surface area contributed by atoms with Crippen molar-refractivity contribution < 1.29 is 14.3 Å². The van der Waals surface area contributed by atoms with E-state index in [1.165, 1.54) is 23.3 Å². The highest BCUT2D eigenvalue weighted by Crippen LogP contribution is 2.36. The number of hydrogen-bond acceptors (Lipinski definition) is 5. The predicted molar refractivity (Wildman–Crippen MR) is 120 cm³/mol. The second-order valence-electron chi connectivity index (χ2n) is 6.69. The summed E-state index contributed by atoms with van der Waals surface area (Å²) in [6.45, 7) is 0.300. The van der Waals surface area contributed by atoms with Crippen molar-refractivity contribution in [2.24, 2.45) is 0 Å². The van der Waals surface area contributed by atoms with Crippen LogP contribution in [0, 0.1) is 0 Å². The molecule has 0 saturated heterocycles. The van der Waals surface area contributed by atoms with Crippen LogP contribution in [0.4, 0.5) is 5.69 Å². The second kappa shape index (κ2) is 8.73. The minimum absolute atomic E-state index is 0.232. The lowest BCUT2D eigenvalue weighted by atomic mass is 10.1. The van der Waals surface area contributed by atoms with Gasteiger partial charge in [0.15, 0.2) is 0 Å². The van der Waals surface area contributed by atoms with Crippen molar-refractivity contribution in [3.63, 3.8) is 0 Å². The van der Waals surface area contributed by atoms with Gasteiger partial charge < -0.3 is 10.1 Å². The zero-order valence-corrected chi connectivity index (χ0v) is 17.8. The minimum atomic E-state index is -0.360. The summed E-state index contributed by atoms with van der Waals surface area (Å²) in [5.41, 5.74) is 2.19. The van der Waals surface area contributed by atoms with Crippen LogP contribution in [0.5, 0.6) is 5.75 Å². The lowest BCUT2D eigenvalue weighted by molar-refractivity contribution is -0.136. The number of halogens is 1. The normalized spacial score (nSPS) is 13.9. The van der Waals surface area contributed by atoms with Crippen LogP contribution in [0.25, 0.3) is 5.57 Å². The van der Waals surface area contributed by atoms with E-state index in [1.54, 1.807) is 18.2 Å². The number of carbonyl (C=O) groups excluding carboxylic acids is 2. The Labute approximate surface area is 183 Å². The summed E-state index contributed by atoms with van der Waals surface area (Å²) in [6.07, 6.45) is 0.587. The van der Waals surface area contributed by atoms with Crippen LogP contribution in [-0.4, -0.2) is 30.4 Å². The van der Waals surface area contributed by atoms with Crippen LogP contribution in [0.15, 0.2) is 71.7 Å². The van der Waals surface area contributed by atoms with Crippen LogP contribution in [0.2, 0.25) is 5.02 Å². The average molecular weight is 439 g/mol. The van der Waals surface area contributed by atoms with Crippen molar-refractivity contribution in [2.75, 3.05) is 19.0 Å². The molecule has 1 N–H and O–H groups in total. The standard InChI is InChI=1S/C23H19ClN2O3S/c1-29-18-10-9-16(24)14-17(18)25-21-20(19-8-5-13-30-19)22(27)26(23(21)28)12-11-15-6-3-2-4-7-15/h2-10,13-14,25H,11-12H2,1H3. The van der Waals surface area contributed by atoms with E-state index in [2.05, 4.69) is 5.32 Å². The molecule has 0 unspecified atom stereocenters. The van der Waals surface area contributed by atoms with Crippen LogP contribution in [-0.2, 0) is 16.0 Å². The second-order valence-corrected chi connectivity index (χ2v) is 8.08. The van der Waals surface area contributed by atoms with Gasteiger partial charge in [-0.1, -0.05) is 48.0 Å². The molecule has 2 amide bonds. The van der Waals surface area contributed by atoms with E-state index < -0.39 is 0 Å². The van der Waals surface area contributed by atoms with Crippen molar-refractivity contribution in [3.05, 3.63) is 87.2 Å². The molecule has 0 atom stereocenters. The maximum atomic E-state index is 13.2. The van der Waals surface area contributed by atoms with Gasteiger partial charge in [0, 0.05) is 16.4 Å². The van der Waals surface area contributed by atoms with Crippen LogP contribution < -0.4 is 10.1 Å². The van der Waals surface area contributed by atoms with E-state index in [0.29, 0.717) is 35.0 Å². The third-order valence-corrected chi connectivity index (χ3v) is 5.95. The predicted octanol–water partition coefficient (Wildman–Crippen LogP) is 4.84. The van der Waals surface area contributed by atoms with Gasteiger partial charge in [0.1, 0.15) is 11.4 Å². The Morgan fingerprint density at radius 1 is 1.03 bits per heavy atom. The van der Waals surface area contributed by atoms with E-state index in [4.69, 9.17) is 16.3 Å². The number of hydrogen-bond donors (Lipinski definition) is 1. The molecule has 1 aliphatic rings. The summed E-state index contributed by atoms with van der Waals surface area (Å²) < 4.78 is 5.38. The number of amides is 2. The van der Waals surface area contributed by atoms with Crippen molar-refractivity contribution in [2.45, 2.75) is 6.42 Å². The van der Waals surface area contributed by atoms with Gasteiger partial charge in [-0.3, -0.25) is 14.5 Å². The Balaban J connectivity index is 1.67. The first-order valence-corrected chi connectivity index (χ1v) is 10.6. The summed E-state index contributed by atoms with van der Waals surface area (Å²) in [5, 5.41) is 5.49. The number of imide groups is 1. The molecule has 0 radical (unpaired) electrons. The lowest BCUT2D eigenvalue weighted by Gasteiger charge is -2.16. The van der Waals surface area contributed by atoms with Gasteiger partial charge in [-0.2, -0.15) is 0 Å². The molecule has 2 aromatic carbocycles. The Bertz CT molecular complexity index is 1110. The Morgan fingerprint density at radius 3 is 2.53 bits per heavy atom. The van der Waals surface area contributed by atoms with Gasteiger partial charge in [-0.05, 0) is 41.6 Å². The largest absolute Gasteiger partial charge is 0.495 e. The monoisotopic (exact) mass is 438 g/mol. The molecule has 5 nitrogen and oxygen atoms in total. The minimum Gasteiger partial charge on any atom is -0.495 e. The Hall–Kier alpha value is -3.09. The fourth-order valence-electron chi connectivity index (χ4n) is 3.34.